The minimum absolute atomic E-state index is 0.323. The van der Waals surface area contributed by atoms with E-state index in [0.29, 0.717) is 24.8 Å². The SMILES string of the molecule is CCOCCc1nnc(NC(=O)Nc2ccc(C)c(C)c2)s1. The molecule has 2 rings (SSSR count). The first-order valence-electron chi connectivity index (χ1n) is 7.14. The van der Waals surface area contributed by atoms with Crippen LogP contribution in [0.4, 0.5) is 15.6 Å². The van der Waals surface area contributed by atoms with Crippen LogP contribution in [0.5, 0.6) is 0 Å². The molecule has 0 spiro atoms. The number of hydrogen-bond donors (Lipinski definition) is 2. The molecule has 0 saturated heterocycles. The van der Waals surface area contributed by atoms with Crippen molar-refractivity contribution < 1.29 is 9.53 Å². The Morgan fingerprint density at radius 2 is 2.05 bits per heavy atom. The maximum atomic E-state index is 11.9. The van der Waals surface area contributed by atoms with Gasteiger partial charge in [-0.2, -0.15) is 0 Å². The van der Waals surface area contributed by atoms with E-state index in [-0.39, 0.29) is 6.03 Å². The summed E-state index contributed by atoms with van der Waals surface area (Å²) in [6, 6.07) is 5.45. The summed E-state index contributed by atoms with van der Waals surface area (Å²) in [7, 11) is 0. The van der Waals surface area contributed by atoms with Gasteiger partial charge in [0.25, 0.3) is 0 Å². The zero-order valence-corrected chi connectivity index (χ0v) is 13.8. The van der Waals surface area contributed by atoms with Crippen molar-refractivity contribution >= 4 is 28.2 Å². The number of rotatable bonds is 6. The van der Waals surface area contributed by atoms with Gasteiger partial charge in [-0.3, -0.25) is 5.32 Å². The minimum Gasteiger partial charge on any atom is -0.381 e. The highest BCUT2D eigenvalue weighted by Crippen LogP contribution is 2.17. The Morgan fingerprint density at radius 1 is 1.23 bits per heavy atom. The lowest BCUT2D eigenvalue weighted by atomic mass is 10.1. The number of aromatic nitrogens is 2. The number of nitrogens with zero attached hydrogens (tertiary/aromatic N) is 2. The van der Waals surface area contributed by atoms with Crippen LogP contribution < -0.4 is 10.6 Å². The summed E-state index contributed by atoms with van der Waals surface area (Å²) in [5.74, 6) is 0. The van der Waals surface area contributed by atoms with Crippen molar-refractivity contribution in [3.8, 4) is 0 Å². The normalized spacial score (nSPS) is 10.5. The number of urea groups is 1. The van der Waals surface area contributed by atoms with Gasteiger partial charge in [-0.1, -0.05) is 17.4 Å². The highest BCUT2D eigenvalue weighted by molar-refractivity contribution is 7.15. The van der Waals surface area contributed by atoms with Crippen molar-refractivity contribution in [2.75, 3.05) is 23.8 Å². The van der Waals surface area contributed by atoms with Gasteiger partial charge in [0.2, 0.25) is 5.13 Å². The first-order chi connectivity index (χ1) is 10.6. The Balaban J connectivity index is 1.87. The second-order valence-electron chi connectivity index (χ2n) is 4.83. The predicted molar refractivity (Wildman–Crippen MR) is 88.7 cm³/mol. The number of aryl methyl sites for hydroxylation is 2. The van der Waals surface area contributed by atoms with Gasteiger partial charge in [0.1, 0.15) is 5.01 Å². The standard InChI is InChI=1S/C15H20N4O2S/c1-4-21-8-7-13-18-19-15(22-13)17-14(20)16-12-6-5-10(2)11(3)9-12/h5-6,9H,4,7-8H2,1-3H3,(H2,16,17,19,20). The Hall–Kier alpha value is -1.99. The van der Waals surface area contributed by atoms with Crippen molar-refractivity contribution in [2.45, 2.75) is 27.2 Å². The van der Waals surface area contributed by atoms with Crippen LogP contribution in [0.1, 0.15) is 23.1 Å². The van der Waals surface area contributed by atoms with Gasteiger partial charge in [0, 0.05) is 18.7 Å². The second kappa shape index (κ2) is 7.86. The molecule has 118 valence electrons. The molecule has 0 aliphatic heterocycles. The number of anilines is 2. The van der Waals surface area contributed by atoms with Crippen molar-refractivity contribution in [3.63, 3.8) is 0 Å². The molecule has 0 fully saturated rings. The zero-order valence-electron chi connectivity index (χ0n) is 13.0. The molecule has 22 heavy (non-hydrogen) atoms. The van der Waals surface area contributed by atoms with Crippen LogP contribution >= 0.6 is 11.3 Å². The van der Waals surface area contributed by atoms with E-state index in [1.807, 2.05) is 39.0 Å². The van der Waals surface area contributed by atoms with Gasteiger partial charge in [-0.15, -0.1) is 10.2 Å². The Bertz CT molecular complexity index is 642. The van der Waals surface area contributed by atoms with Crippen LogP contribution in [-0.2, 0) is 11.2 Å². The number of amides is 2. The minimum atomic E-state index is -0.323. The third-order valence-corrected chi connectivity index (χ3v) is 4.01. The van der Waals surface area contributed by atoms with E-state index in [0.717, 1.165) is 16.3 Å². The van der Waals surface area contributed by atoms with Crippen molar-refractivity contribution in [2.24, 2.45) is 0 Å². The molecule has 1 heterocycles. The number of nitrogens with one attached hydrogen (secondary N) is 2. The average molecular weight is 320 g/mol. The number of carbonyl (C=O) groups is 1. The molecule has 2 amide bonds. The maximum absolute atomic E-state index is 11.9. The lowest BCUT2D eigenvalue weighted by molar-refractivity contribution is 0.150. The highest BCUT2D eigenvalue weighted by Gasteiger charge is 2.08. The number of carbonyl (C=O) groups excluding carboxylic acids is 1. The largest absolute Gasteiger partial charge is 0.381 e. The molecule has 0 bridgehead atoms. The van der Waals surface area contributed by atoms with E-state index in [4.69, 9.17) is 4.74 Å². The van der Waals surface area contributed by atoms with Crippen LogP contribution in [0.15, 0.2) is 18.2 Å². The Kier molecular flexibility index (Phi) is 5.85. The van der Waals surface area contributed by atoms with Gasteiger partial charge >= 0.3 is 6.03 Å². The zero-order chi connectivity index (χ0) is 15.9. The summed E-state index contributed by atoms with van der Waals surface area (Å²) < 4.78 is 5.27. The fraction of sp³-hybridized carbons (Fsp3) is 0.400. The smallest absolute Gasteiger partial charge is 0.325 e. The monoisotopic (exact) mass is 320 g/mol. The molecule has 2 N–H and O–H groups in total. The van der Waals surface area contributed by atoms with Crippen LogP contribution in [0, 0.1) is 13.8 Å². The third kappa shape index (κ3) is 4.78. The van der Waals surface area contributed by atoms with Gasteiger partial charge in [-0.05, 0) is 44.0 Å². The predicted octanol–water partition coefficient (Wildman–Crippen LogP) is 3.38. The molecule has 1 aromatic carbocycles. The molecule has 0 saturated carbocycles. The van der Waals surface area contributed by atoms with Crippen LogP contribution in [0.3, 0.4) is 0 Å². The summed E-state index contributed by atoms with van der Waals surface area (Å²) in [5, 5.41) is 14.8. The summed E-state index contributed by atoms with van der Waals surface area (Å²) in [5.41, 5.74) is 3.07. The van der Waals surface area contributed by atoms with Crippen molar-refractivity contribution in [1.29, 1.82) is 0 Å². The van der Waals surface area contributed by atoms with Crippen LogP contribution in [0.25, 0.3) is 0 Å². The number of benzene rings is 1. The van der Waals surface area contributed by atoms with E-state index < -0.39 is 0 Å². The second-order valence-corrected chi connectivity index (χ2v) is 5.89. The molecular weight excluding hydrogens is 300 g/mol. The highest BCUT2D eigenvalue weighted by atomic mass is 32.1. The van der Waals surface area contributed by atoms with Gasteiger partial charge in [0.05, 0.1) is 6.61 Å². The van der Waals surface area contributed by atoms with Crippen LogP contribution in [-0.4, -0.2) is 29.4 Å². The molecule has 0 unspecified atom stereocenters. The van der Waals surface area contributed by atoms with Crippen molar-refractivity contribution in [1.82, 2.24) is 10.2 Å². The summed E-state index contributed by atoms with van der Waals surface area (Å²) >= 11 is 1.35. The van der Waals surface area contributed by atoms with E-state index in [9.17, 15) is 4.79 Å². The lowest BCUT2D eigenvalue weighted by Crippen LogP contribution is -2.19. The fourth-order valence-electron chi connectivity index (χ4n) is 1.79. The molecule has 0 atom stereocenters. The van der Waals surface area contributed by atoms with E-state index in [1.165, 1.54) is 16.9 Å². The quantitative estimate of drug-likeness (QED) is 0.800. The van der Waals surface area contributed by atoms with Crippen molar-refractivity contribution in [3.05, 3.63) is 34.3 Å². The lowest BCUT2D eigenvalue weighted by Gasteiger charge is -2.07. The van der Waals surface area contributed by atoms with E-state index >= 15 is 0 Å². The van der Waals surface area contributed by atoms with Gasteiger partial charge < -0.3 is 10.1 Å². The van der Waals surface area contributed by atoms with Crippen LogP contribution in [0.2, 0.25) is 0 Å². The molecule has 7 heteroatoms. The van der Waals surface area contributed by atoms with Gasteiger partial charge in [0.15, 0.2) is 0 Å². The topological polar surface area (TPSA) is 76.1 Å². The summed E-state index contributed by atoms with van der Waals surface area (Å²) in [6.45, 7) is 7.28. The third-order valence-electron chi connectivity index (χ3n) is 3.12. The molecule has 2 aromatic rings. The number of hydrogen-bond acceptors (Lipinski definition) is 5. The number of ether oxygens (including phenoxy) is 1. The molecule has 0 radical (unpaired) electrons. The fourth-order valence-corrected chi connectivity index (χ4v) is 2.50. The van der Waals surface area contributed by atoms with E-state index in [1.54, 1.807) is 0 Å². The molecule has 0 aliphatic rings. The molecular formula is C15H20N4O2S. The van der Waals surface area contributed by atoms with E-state index in [2.05, 4.69) is 20.8 Å². The first kappa shape index (κ1) is 16.4. The Labute approximate surface area is 133 Å². The summed E-state index contributed by atoms with van der Waals surface area (Å²) in [4.78, 5) is 11.9. The summed E-state index contributed by atoms with van der Waals surface area (Å²) in [6.07, 6.45) is 0.700. The van der Waals surface area contributed by atoms with Gasteiger partial charge in [-0.25, -0.2) is 4.79 Å². The average Bonchev–Trinajstić information content (AvgIpc) is 2.90. The molecule has 1 aromatic heterocycles. The maximum Gasteiger partial charge on any atom is 0.325 e. The molecule has 6 nitrogen and oxygen atoms in total. The first-order valence-corrected chi connectivity index (χ1v) is 7.95. The Morgan fingerprint density at radius 3 is 2.77 bits per heavy atom. The molecule has 0 aliphatic carbocycles.